The highest BCUT2D eigenvalue weighted by Gasteiger charge is 2.35. The van der Waals surface area contributed by atoms with Crippen molar-refractivity contribution in [1.29, 1.82) is 0 Å². The second kappa shape index (κ2) is 9.31. The Hall–Kier alpha value is -4.19. The Morgan fingerprint density at radius 1 is 0.875 bits per heavy atom. The molecule has 1 aliphatic heterocycles. The van der Waals surface area contributed by atoms with Crippen molar-refractivity contribution in [1.82, 2.24) is 10.2 Å². The number of benzene rings is 3. The number of barbiturate groups is 1. The third kappa shape index (κ3) is 4.75. The summed E-state index contributed by atoms with van der Waals surface area (Å²) in [4.78, 5) is 38.4. The van der Waals surface area contributed by atoms with Gasteiger partial charge in [0.05, 0.1) is 6.54 Å². The molecule has 1 aliphatic rings. The Morgan fingerprint density at radius 3 is 2.16 bits per heavy atom. The van der Waals surface area contributed by atoms with Crippen LogP contribution in [0.15, 0.2) is 90.5 Å². The van der Waals surface area contributed by atoms with E-state index in [0.717, 1.165) is 16.0 Å². The zero-order valence-electron chi connectivity index (χ0n) is 17.5. The van der Waals surface area contributed by atoms with E-state index in [1.807, 2.05) is 67.6 Å². The maximum atomic E-state index is 12.9. The minimum Gasteiger partial charge on any atom is -0.486 e. The summed E-state index contributed by atoms with van der Waals surface area (Å²) < 4.78 is 5.97. The van der Waals surface area contributed by atoms with Gasteiger partial charge in [-0.3, -0.25) is 19.8 Å². The zero-order chi connectivity index (χ0) is 22.5. The molecule has 0 aromatic heterocycles. The van der Waals surface area contributed by atoms with Gasteiger partial charge in [0, 0.05) is 0 Å². The van der Waals surface area contributed by atoms with Gasteiger partial charge >= 0.3 is 6.03 Å². The molecule has 3 aromatic carbocycles. The summed E-state index contributed by atoms with van der Waals surface area (Å²) >= 11 is 0. The topological polar surface area (TPSA) is 75.7 Å². The van der Waals surface area contributed by atoms with Crippen LogP contribution in [0.5, 0.6) is 5.75 Å². The van der Waals surface area contributed by atoms with Crippen LogP contribution in [0.25, 0.3) is 6.08 Å². The second-order valence-corrected chi connectivity index (χ2v) is 7.43. The zero-order valence-corrected chi connectivity index (χ0v) is 17.5. The fraction of sp³-hybridized carbons (Fsp3) is 0.115. The summed E-state index contributed by atoms with van der Waals surface area (Å²) in [6, 6.07) is 25.4. The molecule has 0 radical (unpaired) electrons. The smallest absolute Gasteiger partial charge is 0.331 e. The molecule has 4 rings (SSSR count). The monoisotopic (exact) mass is 426 g/mol. The van der Waals surface area contributed by atoms with Crippen LogP contribution in [0.4, 0.5) is 4.79 Å². The molecule has 32 heavy (non-hydrogen) atoms. The average molecular weight is 426 g/mol. The number of carbonyl (C=O) groups excluding carboxylic acids is 3. The summed E-state index contributed by atoms with van der Waals surface area (Å²) in [5, 5.41) is 2.24. The molecule has 160 valence electrons. The maximum Gasteiger partial charge on any atom is 0.331 e. The van der Waals surface area contributed by atoms with Crippen LogP contribution in [0.1, 0.15) is 29.7 Å². The van der Waals surface area contributed by atoms with Crippen LogP contribution < -0.4 is 10.1 Å². The predicted octanol–water partition coefficient (Wildman–Crippen LogP) is 4.49. The van der Waals surface area contributed by atoms with Crippen molar-refractivity contribution in [3.05, 3.63) is 107 Å². The first-order valence-corrected chi connectivity index (χ1v) is 10.3. The van der Waals surface area contributed by atoms with Crippen molar-refractivity contribution in [3.63, 3.8) is 0 Å². The fourth-order valence-electron chi connectivity index (χ4n) is 3.41. The SMILES string of the molecule is C[C@@H](Oc1ccc(/C=C2/C(=O)NC(=O)N(Cc3ccccc3)C2=O)cc1)c1ccccc1. The van der Waals surface area contributed by atoms with E-state index in [-0.39, 0.29) is 18.2 Å². The molecule has 1 N–H and O–H groups in total. The van der Waals surface area contributed by atoms with E-state index in [0.29, 0.717) is 11.3 Å². The standard InChI is InChI=1S/C26H22N2O4/c1-18(21-10-6-3-7-11-21)32-22-14-12-19(13-15-22)16-23-24(29)27-26(31)28(25(23)30)17-20-8-4-2-5-9-20/h2-16,18H,17H2,1H3,(H,27,29,31)/b23-16-/t18-/m1/s1. The lowest BCUT2D eigenvalue weighted by atomic mass is 10.1. The highest BCUT2D eigenvalue weighted by molar-refractivity contribution is 6.30. The van der Waals surface area contributed by atoms with Crippen molar-refractivity contribution < 1.29 is 19.1 Å². The van der Waals surface area contributed by atoms with Crippen molar-refractivity contribution in [3.8, 4) is 5.75 Å². The minimum absolute atomic E-state index is 0.0836. The van der Waals surface area contributed by atoms with Gasteiger partial charge in [-0.1, -0.05) is 72.8 Å². The van der Waals surface area contributed by atoms with Crippen LogP contribution in [-0.4, -0.2) is 22.7 Å². The van der Waals surface area contributed by atoms with Crippen molar-refractivity contribution in [2.75, 3.05) is 0 Å². The number of rotatable bonds is 6. The van der Waals surface area contributed by atoms with E-state index in [1.54, 1.807) is 24.3 Å². The minimum atomic E-state index is -0.723. The molecule has 4 amide bonds. The van der Waals surface area contributed by atoms with Crippen LogP contribution in [0, 0.1) is 0 Å². The van der Waals surface area contributed by atoms with Crippen LogP contribution in [-0.2, 0) is 16.1 Å². The highest BCUT2D eigenvalue weighted by atomic mass is 16.5. The fourth-order valence-corrected chi connectivity index (χ4v) is 3.41. The summed E-state index contributed by atoms with van der Waals surface area (Å²) in [6.07, 6.45) is 1.36. The van der Waals surface area contributed by atoms with Crippen molar-refractivity contribution >= 4 is 23.9 Å². The third-order valence-corrected chi connectivity index (χ3v) is 5.14. The molecule has 3 aromatic rings. The lowest BCUT2D eigenvalue weighted by Crippen LogP contribution is -2.53. The Balaban J connectivity index is 1.49. The van der Waals surface area contributed by atoms with Gasteiger partial charge in [-0.05, 0) is 41.8 Å². The molecule has 1 atom stereocenters. The van der Waals surface area contributed by atoms with Crippen LogP contribution in [0.3, 0.4) is 0 Å². The highest BCUT2D eigenvalue weighted by Crippen LogP contribution is 2.23. The molecule has 0 unspecified atom stereocenters. The number of hydrogen-bond donors (Lipinski definition) is 1. The molecular formula is C26H22N2O4. The molecule has 6 nitrogen and oxygen atoms in total. The van der Waals surface area contributed by atoms with Crippen LogP contribution in [0.2, 0.25) is 0 Å². The van der Waals surface area contributed by atoms with E-state index < -0.39 is 17.8 Å². The Bertz CT molecular complexity index is 1160. The first kappa shape index (κ1) is 21.1. The van der Waals surface area contributed by atoms with Gasteiger partial charge in [0.15, 0.2) is 0 Å². The Kier molecular flexibility index (Phi) is 6.12. The Labute approximate surface area is 186 Å². The normalized spacial score (nSPS) is 16.1. The van der Waals surface area contributed by atoms with E-state index in [9.17, 15) is 14.4 Å². The average Bonchev–Trinajstić information content (AvgIpc) is 2.82. The van der Waals surface area contributed by atoms with Crippen LogP contribution >= 0.6 is 0 Å². The van der Waals surface area contributed by atoms with Gasteiger partial charge in [0.25, 0.3) is 11.8 Å². The number of carbonyl (C=O) groups is 3. The maximum absolute atomic E-state index is 12.9. The quantitative estimate of drug-likeness (QED) is 0.466. The molecule has 6 heteroatoms. The number of nitrogens with zero attached hydrogens (tertiary/aromatic N) is 1. The molecule has 1 saturated heterocycles. The third-order valence-electron chi connectivity index (χ3n) is 5.14. The number of nitrogens with one attached hydrogen (secondary N) is 1. The van der Waals surface area contributed by atoms with Gasteiger partial charge in [-0.15, -0.1) is 0 Å². The number of urea groups is 1. The summed E-state index contributed by atoms with van der Waals surface area (Å²) in [7, 11) is 0. The molecule has 1 heterocycles. The van der Waals surface area contributed by atoms with E-state index in [1.165, 1.54) is 6.08 Å². The first-order valence-electron chi connectivity index (χ1n) is 10.3. The summed E-state index contributed by atoms with van der Waals surface area (Å²) in [5.41, 5.74) is 2.41. The molecule has 0 bridgehead atoms. The van der Waals surface area contributed by atoms with Crippen molar-refractivity contribution in [2.45, 2.75) is 19.6 Å². The number of amides is 4. The van der Waals surface area contributed by atoms with Gasteiger partial charge < -0.3 is 4.74 Å². The second-order valence-electron chi connectivity index (χ2n) is 7.43. The van der Waals surface area contributed by atoms with Crippen molar-refractivity contribution in [2.24, 2.45) is 0 Å². The lowest BCUT2D eigenvalue weighted by Gasteiger charge is -2.26. The number of hydrogen-bond acceptors (Lipinski definition) is 4. The molecular weight excluding hydrogens is 404 g/mol. The lowest BCUT2D eigenvalue weighted by molar-refractivity contribution is -0.130. The van der Waals surface area contributed by atoms with Gasteiger partial charge in [-0.2, -0.15) is 0 Å². The van der Waals surface area contributed by atoms with Gasteiger partial charge in [0.1, 0.15) is 17.4 Å². The summed E-state index contributed by atoms with van der Waals surface area (Å²) in [5.74, 6) is -0.660. The first-order chi connectivity index (χ1) is 15.5. The summed E-state index contributed by atoms with van der Waals surface area (Å²) in [6.45, 7) is 2.05. The molecule has 0 aliphatic carbocycles. The predicted molar refractivity (Wildman–Crippen MR) is 120 cm³/mol. The Morgan fingerprint density at radius 2 is 1.50 bits per heavy atom. The molecule has 0 spiro atoms. The van der Waals surface area contributed by atoms with Gasteiger partial charge in [0.2, 0.25) is 0 Å². The molecule has 1 fully saturated rings. The van der Waals surface area contributed by atoms with E-state index in [4.69, 9.17) is 4.74 Å². The number of imide groups is 2. The van der Waals surface area contributed by atoms with E-state index >= 15 is 0 Å². The molecule has 0 saturated carbocycles. The number of ether oxygens (including phenoxy) is 1. The largest absolute Gasteiger partial charge is 0.486 e. The van der Waals surface area contributed by atoms with Gasteiger partial charge in [-0.25, -0.2) is 4.79 Å². The van der Waals surface area contributed by atoms with E-state index in [2.05, 4.69) is 5.32 Å².